The standard InChI is InChI=1S/C12H10F4O2/c1-2-18-11(17)10(13)9(12(14,15)16)8-6-4-3-5-7-8/h3-7H,2H2,1H3. The minimum atomic E-state index is -4.97. The van der Waals surface area contributed by atoms with Crippen molar-refractivity contribution in [2.24, 2.45) is 0 Å². The zero-order valence-corrected chi connectivity index (χ0v) is 9.42. The van der Waals surface area contributed by atoms with Crippen LogP contribution in [0, 0.1) is 0 Å². The smallest absolute Gasteiger partial charge is 0.420 e. The number of ether oxygens (including phenoxy) is 1. The summed E-state index contributed by atoms with van der Waals surface area (Å²) in [5.74, 6) is -3.55. The van der Waals surface area contributed by atoms with Crippen molar-refractivity contribution < 1.29 is 27.1 Å². The van der Waals surface area contributed by atoms with Gasteiger partial charge >= 0.3 is 12.1 Å². The first-order valence-corrected chi connectivity index (χ1v) is 5.07. The largest absolute Gasteiger partial charge is 0.461 e. The van der Waals surface area contributed by atoms with Gasteiger partial charge in [0.25, 0.3) is 0 Å². The predicted molar refractivity (Wildman–Crippen MR) is 57.2 cm³/mol. The Hall–Kier alpha value is -1.85. The van der Waals surface area contributed by atoms with Crippen LogP contribution in [0.25, 0.3) is 5.57 Å². The lowest BCUT2D eigenvalue weighted by Gasteiger charge is -2.12. The van der Waals surface area contributed by atoms with E-state index in [1.165, 1.54) is 25.1 Å². The molecular formula is C12H10F4O2. The Kier molecular flexibility index (Phi) is 4.47. The summed E-state index contributed by atoms with van der Waals surface area (Å²) in [6.07, 6.45) is -4.97. The Balaban J connectivity index is 3.31. The van der Waals surface area contributed by atoms with Crippen molar-refractivity contribution in [3.63, 3.8) is 0 Å². The van der Waals surface area contributed by atoms with Crippen LogP contribution in [0.4, 0.5) is 17.6 Å². The normalized spacial score (nSPS) is 12.9. The van der Waals surface area contributed by atoms with E-state index in [2.05, 4.69) is 4.74 Å². The molecule has 0 aliphatic heterocycles. The Morgan fingerprint density at radius 1 is 1.22 bits per heavy atom. The van der Waals surface area contributed by atoms with E-state index in [4.69, 9.17) is 0 Å². The summed E-state index contributed by atoms with van der Waals surface area (Å²) in [4.78, 5) is 11.0. The van der Waals surface area contributed by atoms with Crippen LogP contribution in [0.15, 0.2) is 36.2 Å². The fourth-order valence-electron chi connectivity index (χ4n) is 1.32. The maximum Gasteiger partial charge on any atom is 0.420 e. The third-order valence-corrected chi connectivity index (χ3v) is 2.02. The van der Waals surface area contributed by atoms with Gasteiger partial charge in [-0.05, 0) is 12.5 Å². The number of carbonyl (C=O) groups excluding carboxylic acids is 1. The molecule has 0 aliphatic rings. The zero-order valence-electron chi connectivity index (χ0n) is 9.42. The van der Waals surface area contributed by atoms with Crippen LogP contribution in [0.1, 0.15) is 12.5 Å². The van der Waals surface area contributed by atoms with Gasteiger partial charge in [-0.3, -0.25) is 0 Å². The number of carbonyl (C=O) groups is 1. The number of alkyl halides is 3. The van der Waals surface area contributed by atoms with Crippen LogP contribution in [0.3, 0.4) is 0 Å². The van der Waals surface area contributed by atoms with Gasteiger partial charge in [-0.25, -0.2) is 4.79 Å². The lowest BCUT2D eigenvalue weighted by Crippen LogP contribution is -2.17. The molecule has 0 unspecified atom stereocenters. The highest BCUT2D eigenvalue weighted by atomic mass is 19.4. The van der Waals surface area contributed by atoms with Crippen LogP contribution in [-0.2, 0) is 9.53 Å². The summed E-state index contributed by atoms with van der Waals surface area (Å²) in [5.41, 5.74) is -2.04. The molecule has 0 aromatic heterocycles. The molecule has 0 aliphatic carbocycles. The summed E-state index contributed by atoms with van der Waals surface area (Å²) in [6.45, 7) is 1.17. The minimum absolute atomic E-state index is 0.202. The van der Waals surface area contributed by atoms with Gasteiger partial charge in [-0.15, -0.1) is 0 Å². The van der Waals surface area contributed by atoms with E-state index in [0.717, 1.165) is 12.1 Å². The van der Waals surface area contributed by atoms with Gasteiger partial charge in [-0.2, -0.15) is 17.6 Å². The molecule has 2 nitrogen and oxygen atoms in total. The monoisotopic (exact) mass is 262 g/mol. The molecule has 0 radical (unpaired) electrons. The minimum Gasteiger partial charge on any atom is -0.461 e. The Bertz CT molecular complexity index is 449. The molecule has 6 heteroatoms. The Labute approximate surface area is 101 Å². The number of allylic oxidation sites excluding steroid dienone is 1. The van der Waals surface area contributed by atoms with E-state index in [1.807, 2.05) is 0 Å². The molecule has 1 rings (SSSR count). The van der Waals surface area contributed by atoms with Crippen LogP contribution in [-0.4, -0.2) is 18.8 Å². The quantitative estimate of drug-likeness (QED) is 0.473. The van der Waals surface area contributed by atoms with Gasteiger partial charge in [0.05, 0.1) is 6.61 Å². The predicted octanol–water partition coefficient (Wildman–Crippen LogP) is 3.49. The van der Waals surface area contributed by atoms with Crippen molar-refractivity contribution >= 4 is 11.5 Å². The molecule has 0 amide bonds. The summed E-state index contributed by atoms with van der Waals surface area (Å²) in [7, 11) is 0. The van der Waals surface area contributed by atoms with Gasteiger partial charge in [0, 0.05) is 0 Å². The average molecular weight is 262 g/mol. The zero-order chi connectivity index (χ0) is 13.8. The molecule has 0 bridgehead atoms. The first-order chi connectivity index (χ1) is 8.38. The first kappa shape index (κ1) is 14.2. The van der Waals surface area contributed by atoms with E-state index in [0.29, 0.717) is 0 Å². The van der Waals surface area contributed by atoms with E-state index >= 15 is 0 Å². The molecule has 18 heavy (non-hydrogen) atoms. The van der Waals surface area contributed by atoms with Crippen molar-refractivity contribution in [1.29, 1.82) is 0 Å². The number of hydrogen-bond acceptors (Lipinski definition) is 2. The molecule has 0 saturated heterocycles. The second kappa shape index (κ2) is 5.66. The fraction of sp³-hybridized carbons (Fsp3) is 0.250. The van der Waals surface area contributed by atoms with Crippen molar-refractivity contribution in [1.82, 2.24) is 0 Å². The van der Waals surface area contributed by atoms with Crippen LogP contribution >= 0.6 is 0 Å². The van der Waals surface area contributed by atoms with Crippen molar-refractivity contribution in [2.75, 3.05) is 6.61 Å². The SMILES string of the molecule is CCOC(=O)C(F)=C(c1ccccc1)C(F)(F)F. The molecule has 1 aromatic rings. The van der Waals surface area contributed by atoms with Gasteiger partial charge in [-0.1, -0.05) is 30.3 Å². The maximum atomic E-state index is 13.5. The van der Waals surface area contributed by atoms with Crippen LogP contribution in [0.5, 0.6) is 0 Å². The molecule has 0 atom stereocenters. The highest BCUT2D eigenvalue weighted by Crippen LogP contribution is 2.37. The van der Waals surface area contributed by atoms with E-state index in [1.54, 1.807) is 0 Å². The Morgan fingerprint density at radius 3 is 2.22 bits per heavy atom. The molecule has 0 heterocycles. The molecule has 0 N–H and O–H groups in total. The summed E-state index contributed by atoms with van der Waals surface area (Å²) >= 11 is 0. The third-order valence-electron chi connectivity index (χ3n) is 2.02. The number of halogens is 4. The summed E-state index contributed by atoms with van der Waals surface area (Å²) in [6, 6.07) is 6.27. The third kappa shape index (κ3) is 3.32. The fourth-order valence-corrected chi connectivity index (χ4v) is 1.32. The van der Waals surface area contributed by atoms with Gasteiger partial charge in [0.15, 0.2) is 0 Å². The molecule has 0 saturated carbocycles. The van der Waals surface area contributed by atoms with Crippen LogP contribution < -0.4 is 0 Å². The number of rotatable bonds is 3. The molecular weight excluding hydrogens is 252 g/mol. The van der Waals surface area contributed by atoms with E-state index in [9.17, 15) is 22.4 Å². The first-order valence-electron chi connectivity index (χ1n) is 5.07. The lowest BCUT2D eigenvalue weighted by atomic mass is 10.0. The highest BCUT2D eigenvalue weighted by molar-refractivity contribution is 5.96. The van der Waals surface area contributed by atoms with Gasteiger partial charge in [0.2, 0.25) is 5.83 Å². The van der Waals surface area contributed by atoms with Crippen molar-refractivity contribution in [2.45, 2.75) is 13.1 Å². The second-order valence-electron chi connectivity index (χ2n) is 3.27. The molecule has 0 spiro atoms. The second-order valence-corrected chi connectivity index (χ2v) is 3.27. The average Bonchev–Trinajstić information content (AvgIpc) is 2.29. The Morgan fingerprint density at radius 2 is 1.78 bits per heavy atom. The summed E-state index contributed by atoms with van der Waals surface area (Å²) in [5, 5.41) is 0. The van der Waals surface area contributed by atoms with E-state index < -0.39 is 29.1 Å². The summed E-state index contributed by atoms with van der Waals surface area (Å²) < 4.78 is 56.0. The van der Waals surface area contributed by atoms with E-state index in [-0.39, 0.29) is 6.61 Å². The highest BCUT2D eigenvalue weighted by Gasteiger charge is 2.40. The van der Waals surface area contributed by atoms with Gasteiger partial charge < -0.3 is 4.74 Å². The van der Waals surface area contributed by atoms with Crippen LogP contribution in [0.2, 0.25) is 0 Å². The number of esters is 1. The maximum absolute atomic E-state index is 13.5. The van der Waals surface area contributed by atoms with Crippen molar-refractivity contribution in [3.8, 4) is 0 Å². The van der Waals surface area contributed by atoms with Gasteiger partial charge in [0.1, 0.15) is 5.57 Å². The molecule has 0 fully saturated rings. The topological polar surface area (TPSA) is 26.3 Å². The number of benzene rings is 1. The lowest BCUT2D eigenvalue weighted by molar-refractivity contribution is -0.140. The number of hydrogen-bond donors (Lipinski definition) is 0. The van der Waals surface area contributed by atoms with Crippen molar-refractivity contribution in [3.05, 3.63) is 41.7 Å². The molecule has 1 aromatic carbocycles. The molecule has 98 valence electrons.